The molecule has 3 heteroatoms. The van der Waals surface area contributed by atoms with Crippen LogP contribution in [0.25, 0.3) is 0 Å². The zero-order chi connectivity index (χ0) is 13.4. The predicted octanol–water partition coefficient (Wildman–Crippen LogP) is 4.57. The molecule has 19 heavy (non-hydrogen) atoms. The van der Waals surface area contributed by atoms with Gasteiger partial charge in [-0.15, -0.1) is 0 Å². The average molecular weight is 282 g/mol. The van der Waals surface area contributed by atoms with Gasteiger partial charge in [-0.3, -0.25) is 0 Å². The Morgan fingerprint density at radius 3 is 2.74 bits per heavy atom. The van der Waals surface area contributed by atoms with E-state index in [-0.39, 0.29) is 11.9 Å². The highest BCUT2D eigenvalue weighted by atomic mass is 35.5. The van der Waals surface area contributed by atoms with Gasteiger partial charge in [0.25, 0.3) is 0 Å². The highest BCUT2D eigenvalue weighted by Crippen LogP contribution is 2.57. The van der Waals surface area contributed by atoms with Gasteiger partial charge in [-0.25, -0.2) is 4.39 Å². The Balaban J connectivity index is 1.82. The minimum atomic E-state index is -0.189. The Labute approximate surface area is 119 Å². The zero-order valence-corrected chi connectivity index (χ0v) is 12.1. The van der Waals surface area contributed by atoms with Gasteiger partial charge in [0.05, 0.1) is 0 Å². The number of fused-ring (bicyclic) bond motifs is 1. The number of benzene rings is 1. The van der Waals surface area contributed by atoms with Crippen molar-refractivity contribution in [3.05, 3.63) is 34.6 Å². The van der Waals surface area contributed by atoms with E-state index in [0.29, 0.717) is 10.9 Å². The molecule has 0 aromatic heterocycles. The average Bonchev–Trinajstić information content (AvgIpc) is 3.01. The van der Waals surface area contributed by atoms with Gasteiger partial charge in [-0.1, -0.05) is 18.5 Å². The molecule has 0 amide bonds. The van der Waals surface area contributed by atoms with Gasteiger partial charge < -0.3 is 5.32 Å². The van der Waals surface area contributed by atoms with Crippen molar-refractivity contribution in [2.45, 2.75) is 38.6 Å². The first-order valence-corrected chi connectivity index (χ1v) is 7.75. The van der Waals surface area contributed by atoms with E-state index in [2.05, 4.69) is 12.2 Å². The second kappa shape index (κ2) is 5.41. The quantitative estimate of drug-likeness (QED) is 0.834. The fraction of sp³-hybridized carbons (Fsp3) is 0.625. The van der Waals surface area contributed by atoms with Crippen LogP contribution in [0.15, 0.2) is 18.2 Å². The van der Waals surface area contributed by atoms with Crippen LogP contribution in [0.3, 0.4) is 0 Å². The Kier molecular flexibility index (Phi) is 3.81. The molecule has 1 aromatic carbocycles. The third-order valence-corrected chi connectivity index (χ3v) is 5.00. The van der Waals surface area contributed by atoms with E-state index in [9.17, 15) is 4.39 Å². The van der Waals surface area contributed by atoms with Gasteiger partial charge in [-0.2, -0.15) is 0 Å². The molecule has 0 spiro atoms. The van der Waals surface area contributed by atoms with Crippen molar-refractivity contribution in [2.24, 2.45) is 17.8 Å². The van der Waals surface area contributed by atoms with Crippen molar-refractivity contribution < 1.29 is 4.39 Å². The second-order valence-electron chi connectivity index (χ2n) is 6.08. The van der Waals surface area contributed by atoms with Crippen molar-refractivity contribution >= 4 is 11.6 Å². The van der Waals surface area contributed by atoms with Crippen LogP contribution in [-0.2, 0) is 0 Å². The monoisotopic (exact) mass is 281 g/mol. The molecule has 3 unspecified atom stereocenters. The van der Waals surface area contributed by atoms with Crippen LogP contribution in [0.1, 0.15) is 44.2 Å². The summed E-state index contributed by atoms with van der Waals surface area (Å²) in [6.07, 6.45) is 5.05. The van der Waals surface area contributed by atoms with Crippen LogP contribution >= 0.6 is 11.6 Å². The van der Waals surface area contributed by atoms with E-state index in [0.717, 1.165) is 30.4 Å². The van der Waals surface area contributed by atoms with E-state index >= 15 is 0 Å². The van der Waals surface area contributed by atoms with Crippen molar-refractivity contribution in [1.82, 2.24) is 5.32 Å². The third-order valence-electron chi connectivity index (χ3n) is 4.66. The van der Waals surface area contributed by atoms with Gasteiger partial charge in [0.15, 0.2) is 0 Å². The fourth-order valence-electron chi connectivity index (χ4n) is 3.62. The second-order valence-corrected chi connectivity index (χ2v) is 6.49. The molecule has 0 radical (unpaired) electrons. The van der Waals surface area contributed by atoms with Gasteiger partial charge in [-0.05, 0) is 73.7 Å². The van der Waals surface area contributed by atoms with E-state index in [1.807, 2.05) is 0 Å². The van der Waals surface area contributed by atoms with Crippen molar-refractivity contribution in [3.8, 4) is 0 Å². The molecule has 3 atom stereocenters. The fourth-order valence-corrected chi connectivity index (χ4v) is 3.85. The molecule has 0 saturated heterocycles. The molecule has 1 N–H and O–H groups in total. The minimum Gasteiger partial charge on any atom is -0.310 e. The number of halogens is 2. The van der Waals surface area contributed by atoms with Crippen LogP contribution in [-0.4, -0.2) is 6.54 Å². The first-order valence-electron chi connectivity index (χ1n) is 7.37. The maximum Gasteiger partial charge on any atom is 0.123 e. The summed E-state index contributed by atoms with van der Waals surface area (Å²) in [5, 5.41) is 4.28. The standard InChI is InChI=1S/C16H21ClFN/c1-2-5-19-16(12-7-10-6-11(10)8-12)14-9-13(18)3-4-15(14)17/h3-4,9-12,16,19H,2,5-8H2,1H3. The van der Waals surface area contributed by atoms with Gasteiger partial charge >= 0.3 is 0 Å². The molecular weight excluding hydrogens is 261 g/mol. The van der Waals surface area contributed by atoms with Crippen LogP contribution in [0.4, 0.5) is 4.39 Å². The highest BCUT2D eigenvalue weighted by molar-refractivity contribution is 6.31. The molecular formula is C16H21ClFN. The Hall–Kier alpha value is -0.600. The summed E-state index contributed by atoms with van der Waals surface area (Å²) < 4.78 is 13.5. The summed E-state index contributed by atoms with van der Waals surface area (Å²) in [7, 11) is 0. The molecule has 0 heterocycles. The first-order chi connectivity index (χ1) is 9.19. The number of hydrogen-bond acceptors (Lipinski definition) is 1. The molecule has 2 aliphatic rings. The Morgan fingerprint density at radius 1 is 1.32 bits per heavy atom. The number of hydrogen-bond donors (Lipinski definition) is 1. The normalized spacial score (nSPS) is 30.2. The maximum absolute atomic E-state index is 13.5. The molecule has 2 fully saturated rings. The highest BCUT2D eigenvalue weighted by Gasteiger charge is 2.48. The molecule has 1 nitrogen and oxygen atoms in total. The van der Waals surface area contributed by atoms with E-state index in [1.165, 1.54) is 25.3 Å². The smallest absolute Gasteiger partial charge is 0.123 e. The SMILES string of the molecule is CCCNC(c1cc(F)ccc1Cl)C1CC2CC2C1. The van der Waals surface area contributed by atoms with Crippen LogP contribution in [0, 0.1) is 23.6 Å². The Bertz CT molecular complexity index is 452. The molecule has 0 bridgehead atoms. The van der Waals surface area contributed by atoms with Crippen LogP contribution < -0.4 is 5.32 Å². The van der Waals surface area contributed by atoms with E-state index in [1.54, 1.807) is 12.1 Å². The largest absolute Gasteiger partial charge is 0.310 e. The summed E-state index contributed by atoms with van der Waals surface area (Å²) in [6.45, 7) is 3.12. The van der Waals surface area contributed by atoms with Crippen LogP contribution in [0.2, 0.25) is 5.02 Å². The number of rotatable bonds is 5. The summed E-state index contributed by atoms with van der Waals surface area (Å²) in [5.41, 5.74) is 0.946. The maximum atomic E-state index is 13.5. The van der Waals surface area contributed by atoms with Gasteiger partial charge in [0.1, 0.15) is 5.82 Å². The lowest BCUT2D eigenvalue weighted by molar-refractivity contribution is 0.341. The molecule has 2 saturated carbocycles. The molecule has 2 aliphatic carbocycles. The lowest BCUT2D eigenvalue weighted by Gasteiger charge is -2.27. The minimum absolute atomic E-state index is 0.189. The van der Waals surface area contributed by atoms with Crippen molar-refractivity contribution in [1.29, 1.82) is 0 Å². The van der Waals surface area contributed by atoms with E-state index < -0.39 is 0 Å². The predicted molar refractivity (Wildman–Crippen MR) is 76.8 cm³/mol. The molecule has 1 aromatic rings. The number of nitrogens with one attached hydrogen (secondary N) is 1. The summed E-state index contributed by atoms with van der Waals surface area (Å²) in [5.74, 6) is 2.30. The third kappa shape index (κ3) is 2.80. The summed E-state index contributed by atoms with van der Waals surface area (Å²) in [6, 6.07) is 4.95. The first kappa shape index (κ1) is 13.4. The lowest BCUT2D eigenvalue weighted by Crippen LogP contribution is -2.29. The van der Waals surface area contributed by atoms with Gasteiger partial charge in [0, 0.05) is 11.1 Å². The zero-order valence-electron chi connectivity index (χ0n) is 11.3. The summed E-state index contributed by atoms with van der Waals surface area (Å²) >= 11 is 6.29. The van der Waals surface area contributed by atoms with Crippen molar-refractivity contribution in [2.75, 3.05) is 6.54 Å². The van der Waals surface area contributed by atoms with Crippen molar-refractivity contribution in [3.63, 3.8) is 0 Å². The van der Waals surface area contributed by atoms with E-state index in [4.69, 9.17) is 11.6 Å². The molecule has 3 rings (SSSR count). The topological polar surface area (TPSA) is 12.0 Å². The summed E-state index contributed by atoms with van der Waals surface area (Å²) in [4.78, 5) is 0. The van der Waals surface area contributed by atoms with Crippen LogP contribution in [0.5, 0.6) is 0 Å². The molecule has 0 aliphatic heterocycles. The Morgan fingerprint density at radius 2 is 2.05 bits per heavy atom. The molecule has 104 valence electrons. The lowest BCUT2D eigenvalue weighted by atomic mass is 9.89. The van der Waals surface area contributed by atoms with Gasteiger partial charge in [0.2, 0.25) is 0 Å².